The van der Waals surface area contributed by atoms with Crippen molar-refractivity contribution in [1.82, 2.24) is 19.7 Å². The van der Waals surface area contributed by atoms with Gasteiger partial charge < -0.3 is 0 Å². The van der Waals surface area contributed by atoms with Gasteiger partial charge in [0.25, 0.3) is 0 Å². The molecule has 0 radical (unpaired) electrons. The summed E-state index contributed by atoms with van der Waals surface area (Å²) in [5.74, 6) is -2.40. The van der Waals surface area contributed by atoms with Crippen molar-refractivity contribution in [3.05, 3.63) is 33.3 Å². The summed E-state index contributed by atoms with van der Waals surface area (Å²) in [6, 6.07) is 0. The highest BCUT2D eigenvalue weighted by atomic mass is 32.1. The zero-order valence-corrected chi connectivity index (χ0v) is 20.9. The molecule has 0 unspecified atom stereocenters. The molecule has 2 aliphatic carbocycles. The number of rotatable bonds is 7. The van der Waals surface area contributed by atoms with Crippen LogP contribution in [0.2, 0.25) is 0 Å². The Hall–Kier alpha value is -2.07. The highest BCUT2D eigenvalue weighted by Gasteiger charge is 2.47. The van der Waals surface area contributed by atoms with E-state index in [4.69, 9.17) is 4.98 Å². The summed E-state index contributed by atoms with van der Waals surface area (Å²) in [6.07, 6.45) is 9.38. The van der Waals surface area contributed by atoms with E-state index in [-0.39, 0.29) is 36.7 Å². The van der Waals surface area contributed by atoms with E-state index < -0.39 is 11.9 Å². The number of hydrogen-bond acceptors (Lipinski definition) is 5. The number of carbonyl (C=O) groups excluding carboxylic acids is 1. The van der Waals surface area contributed by atoms with Crippen molar-refractivity contribution < 1.29 is 18.0 Å². The minimum atomic E-state index is -2.50. The molecule has 0 bridgehead atoms. The lowest BCUT2D eigenvalue weighted by atomic mass is 9.81. The lowest BCUT2D eigenvalue weighted by Crippen LogP contribution is -2.33. The van der Waals surface area contributed by atoms with Gasteiger partial charge in [0.15, 0.2) is 0 Å². The van der Waals surface area contributed by atoms with Crippen molar-refractivity contribution >= 4 is 23.5 Å². The first kappa shape index (κ1) is 24.6. The molecule has 0 N–H and O–H groups in total. The van der Waals surface area contributed by atoms with Crippen LogP contribution in [0.15, 0.2) is 11.2 Å². The van der Waals surface area contributed by atoms with Crippen molar-refractivity contribution in [1.29, 1.82) is 0 Å². The van der Waals surface area contributed by atoms with E-state index in [0.29, 0.717) is 11.8 Å². The van der Waals surface area contributed by atoms with Crippen LogP contribution in [0.3, 0.4) is 0 Å². The van der Waals surface area contributed by atoms with Crippen LogP contribution in [-0.4, -0.2) is 50.8 Å². The first-order chi connectivity index (χ1) is 16.8. The molecule has 0 spiro atoms. The van der Waals surface area contributed by atoms with Crippen LogP contribution in [0.1, 0.15) is 72.0 Å². The molecular weight excluding hydrogens is 475 g/mol. The number of hydrogen-bond donors (Lipinski definition) is 0. The molecule has 1 aliphatic heterocycles. The molecule has 10 heteroatoms. The Bertz CT molecular complexity index is 1080. The molecule has 3 aliphatic rings. The summed E-state index contributed by atoms with van der Waals surface area (Å²) >= 11 is 1.65. The lowest BCUT2D eigenvalue weighted by Gasteiger charge is -2.33. The van der Waals surface area contributed by atoms with E-state index in [0.717, 1.165) is 73.5 Å². The molecule has 1 amide bonds. The predicted octanol–water partition coefficient (Wildman–Crippen LogP) is 4.92. The van der Waals surface area contributed by atoms with Crippen molar-refractivity contribution in [2.24, 2.45) is 23.9 Å². The van der Waals surface area contributed by atoms with Crippen molar-refractivity contribution in [3.63, 3.8) is 0 Å². The van der Waals surface area contributed by atoms with Crippen LogP contribution < -0.4 is 0 Å². The molecule has 2 aromatic heterocycles. The lowest BCUT2D eigenvalue weighted by molar-refractivity contribution is -0.117. The zero-order valence-electron chi connectivity index (χ0n) is 20.1. The van der Waals surface area contributed by atoms with E-state index in [2.05, 4.69) is 15.0 Å². The first-order valence-electron chi connectivity index (χ1n) is 12.6. The van der Waals surface area contributed by atoms with Crippen LogP contribution in [0, 0.1) is 17.8 Å². The number of halogens is 3. The van der Waals surface area contributed by atoms with Crippen molar-refractivity contribution in [2.45, 2.75) is 76.2 Å². The number of carbonyl (C=O) groups is 1. The fourth-order valence-corrected chi connectivity index (χ4v) is 6.61. The number of aromatic nitrogens is 3. The SMILES string of the molecule is Cn1ncc(CC(=O)/N=C\C2CCC(CCN3CCc4sc(C5CC(F)(F)C5)nc4C3)CC2)c1F. The maximum absolute atomic E-state index is 13.8. The molecule has 2 fully saturated rings. The van der Waals surface area contributed by atoms with Gasteiger partial charge in [-0.3, -0.25) is 9.69 Å². The van der Waals surface area contributed by atoms with Gasteiger partial charge in [-0.25, -0.2) is 23.4 Å². The van der Waals surface area contributed by atoms with Gasteiger partial charge >= 0.3 is 0 Å². The molecule has 2 aromatic rings. The molecule has 0 atom stereocenters. The van der Waals surface area contributed by atoms with Crippen LogP contribution in [0.4, 0.5) is 13.2 Å². The molecular formula is C25H32F3N5OS. The van der Waals surface area contributed by atoms with E-state index in [1.54, 1.807) is 17.6 Å². The molecule has 2 saturated carbocycles. The average Bonchev–Trinajstić information content (AvgIpc) is 3.38. The Labute approximate surface area is 207 Å². The van der Waals surface area contributed by atoms with E-state index in [1.807, 2.05) is 0 Å². The molecule has 0 saturated heterocycles. The highest BCUT2D eigenvalue weighted by Crippen LogP contribution is 2.49. The van der Waals surface area contributed by atoms with Gasteiger partial charge in [-0.15, -0.1) is 11.3 Å². The number of fused-ring (bicyclic) bond motifs is 1. The maximum Gasteiger partial charge on any atom is 0.249 e. The van der Waals surface area contributed by atoms with Gasteiger partial charge in [0.1, 0.15) is 0 Å². The van der Waals surface area contributed by atoms with Crippen LogP contribution in [0.5, 0.6) is 0 Å². The summed E-state index contributed by atoms with van der Waals surface area (Å²) in [4.78, 5) is 24.6. The third-order valence-corrected chi connectivity index (χ3v) is 9.03. The first-order valence-corrected chi connectivity index (χ1v) is 13.4. The normalized spacial score (nSPS) is 25.0. The Morgan fingerprint density at radius 1 is 1.29 bits per heavy atom. The molecule has 3 heterocycles. The fraction of sp³-hybridized carbons (Fsp3) is 0.680. The van der Waals surface area contributed by atoms with Crippen LogP contribution in [0.25, 0.3) is 0 Å². The molecule has 190 valence electrons. The number of amides is 1. The number of aryl methyl sites for hydroxylation is 1. The van der Waals surface area contributed by atoms with E-state index >= 15 is 0 Å². The summed E-state index contributed by atoms with van der Waals surface area (Å²) < 4.78 is 41.3. The largest absolute Gasteiger partial charge is 0.297 e. The Morgan fingerprint density at radius 3 is 2.74 bits per heavy atom. The predicted molar refractivity (Wildman–Crippen MR) is 128 cm³/mol. The van der Waals surface area contributed by atoms with Gasteiger partial charge in [0.2, 0.25) is 17.8 Å². The number of thiazole rings is 1. The standard InChI is InChI=1S/C25H32F3N5OS/c1-32-23(26)18(14-30-32)10-22(34)29-13-17-4-2-16(3-5-17)6-8-33-9-7-21-20(15-33)31-24(35-21)19-11-25(27,28)12-19/h13-14,16-17,19H,2-12,15H2,1H3/b29-13-. The third kappa shape index (κ3) is 5.85. The summed E-state index contributed by atoms with van der Waals surface area (Å²) in [5.41, 5.74) is 1.38. The second-order valence-electron chi connectivity index (χ2n) is 10.4. The number of aliphatic imine (C=N–C) groups is 1. The Morgan fingerprint density at radius 2 is 2.06 bits per heavy atom. The van der Waals surface area contributed by atoms with E-state index in [9.17, 15) is 18.0 Å². The smallest absolute Gasteiger partial charge is 0.249 e. The van der Waals surface area contributed by atoms with Crippen molar-refractivity contribution in [2.75, 3.05) is 13.1 Å². The van der Waals surface area contributed by atoms with E-state index in [1.165, 1.54) is 18.1 Å². The average molecular weight is 508 g/mol. The van der Waals surface area contributed by atoms with Gasteiger partial charge in [-0.2, -0.15) is 9.49 Å². The minimum absolute atomic E-state index is 0.0479. The highest BCUT2D eigenvalue weighted by molar-refractivity contribution is 7.11. The number of nitrogens with zero attached hydrogens (tertiary/aromatic N) is 5. The van der Waals surface area contributed by atoms with Crippen LogP contribution >= 0.6 is 11.3 Å². The van der Waals surface area contributed by atoms with Crippen LogP contribution in [-0.2, 0) is 31.2 Å². The quantitative estimate of drug-likeness (QED) is 0.499. The van der Waals surface area contributed by atoms with Gasteiger partial charge in [-0.05, 0) is 56.9 Å². The summed E-state index contributed by atoms with van der Waals surface area (Å²) in [5, 5.41) is 4.72. The molecule has 5 rings (SSSR count). The summed E-state index contributed by atoms with van der Waals surface area (Å²) in [6.45, 7) is 2.88. The number of alkyl halides is 2. The monoisotopic (exact) mass is 507 g/mol. The Balaban J connectivity index is 1.02. The second-order valence-corrected chi connectivity index (χ2v) is 11.5. The zero-order chi connectivity index (χ0) is 24.6. The second kappa shape index (κ2) is 10.1. The third-order valence-electron chi connectivity index (χ3n) is 7.71. The molecule has 0 aromatic carbocycles. The topological polar surface area (TPSA) is 63.4 Å². The maximum atomic E-state index is 13.8. The minimum Gasteiger partial charge on any atom is -0.297 e. The van der Waals surface area contributed by atoms with Gasteiger partial charge in [0, 0.05) is 55.6 Å². The van der Waals surface area contributed by atoms with Gasteiger partial charge in [0.05, 0.1) is 23.3 Å². The fourth-order valence-electron chi connectivity index (χ4n) is 5.45. The Kier molecular flexibility index (Phi) is 7.12. The van der Waals surface area contributed by atoms with Gasteiger partial charge in [-0.1, -0.05) is 0 Å². The molecule has 35 heavy (non-hydrogen) atoms. The van der Waals surface area contributed by atoms with Crippen molar-refractivity contribution in [3.8, 4) is 0 Å². The summed E-state index contributed by atoms with van der Waals surface area (Å²) in [7, 11) is 1.50. The molecule has 6 nitrogen and oxygen atoms in total.